The van der Waals surface area contributed by atoms with Crippen molar-refractivity contribution in [1.29, 1.82) is 0 Å². The van der Waals surface area contributed by atoms with Crippen LogP contribution in [0.1, 0.15) is 22.3 Å². The normalized spacial score (nSPS) is 22.7. The molecule has 0 unspecified atom stereocenters. The Balaban J connectivity index is 1.44. The first-order valence-corrected chi connectivity index (χ1v) is 14.7. The van der Waals surface area contributed by atoms with E-state index in [-0.39, 0.29) is 6.61 Å². The molecule has 1 heterocycles. The highest BCUT2D eigenvalue weighted by Crippen LogP contribution is 2.33. The van der Waals surface area contributed by atoms with Gasteiger partial charge in [-0.05, 0) is 22.3 Å². The van der Waals surface area contributed by atoms with Gasteiger partial charge >= 0.3 is 0 Å². The van der Waals surface area contributed by atoms with Crippen LogP contribution in [0.3, 0.4) is 0 Å². The highest BCUT2D eigenvalue weighted by atomic mass is 16.7. The fourth-order valence-electron chi connectivity index (χ4n) is 5.21. The number of benzene rings is 4. The molecular weight excluding hydrogens is 544 g/mol. The van der Waals surface area contributed by atoms with Crippen LogP contribution in [0.2, 0.25) is 0 Å². The molecule has 0 radical (unpaired) electrons. The summed E-state index contributed by atoms with van der Waals surface area (Å²) in [5.41, 5.74) is 4.02. The van der Waals surface area contributed by atoms with Gasteiger partial charge in [0.2, 0.25) is 0 Å². The maximum absolute atomic E-state index is 10.6. The maximum Gasteiger partial charge on any atom is 0.186 e. The average Bonchev–Trinajstić information content (AvgIpc) is 3.07. The lowest BCUT2D eigenvalue weighted by atomic mass is 9.94. The smallest absolute Gasteiger partial charge is 0.186 e. The Morgan fingerprint density at radius 1 is 0.558 bits per heavy atom. The minimum Gasteiger partial charge on any atom is -0.394 e. The van der Waals surface area contributed by atoms with E-state index in [4.69, 9.17) is 28.4 Å². The van der Waals surface area contributed by atoms with Crippen molar-refractivity contribution in [3.8, 4) is 0 Å². The molecule has 43 heavy (non-hydrogen) atoms. The summed E-state index contributed by atoms with van der Waals surface area (Å²) in [7, 11) is 1.58. The Morgan fingerprint density at radius 2 is 0.953 bits per heavy atom. The Morgan fingerprint density at radius 3 is 1.37 bits per heavy atom. The number of methoxy groups -OCH3 is 1. The van der Waals surface area contributed by atoms with Crippen molar-refractivity contribution in [3.63, 3.8) is 0 Å². The predicted molar refractivity (Wildman–Crippen MR) is 163 cm³/mol. The molecule has 6 atom stereocenters. The van der Waals surface area contributed by atoms with Gasteiger partial charge in [0.1, 0.15) is 30.5 Å². The number of rotatable bonds is 15. The minimum atomic E-state index is -0.791. The maximum atomic E-state index is 10.6. The quantitative estimate of drug-likeness (QED) is 0.192. The molecule has 5 rings (SSSR count). The van der Waals surface area contributed by atoms with Crippen molar-refractivity contribution in [2.45, 2.75) is 63.2 Å². The van der Waals surface area contributed by atoms with E-state index in [1.165, 1.54) is 0 Å². The summed E-state index contributed by atoms with van der Waals surface area (Å²) in [6.45, 7) is 1.01. The summed E-state index contributed by atoms with van der Waals surface area (Å²) in [5.74, 6) is 0. The summed E-state index contributed by atoms with van der Waals surface area (Å²) in [6.07, 6.45) is -4.09. The van der Waals surface area contributed by atoms with Crippen LogP contribution in [-0.4, -0.2) is 55.6 Å². The molecular formula is C36H40O7. The zero-order chi connectivity index (χ0) is 29.7. The predicted octanol–water partition coefficient (Wildman–Crippen LogP) is 5.69. The summed E-state index contributed by atoms with van der Waals surface area (Å²) >= 11 is 0. The largest absolute Gasteiger partial charge is 0.394 e. The van der Waals surface area contributed by atoms with Gasteiger partial charge in [0.05, 0.1) is 33.0 Å². The summed E-state index contributed by atoms with van der Waals surface area (Å²) in [6, 6.07) is 39.7. The molecule has 1 aliphatic rings. The molecule has 1 saturated heterocycles. The van der Waals surface area contributed by atoms with Gasteiger partial charge < -0.3 is 33.5 Å². The second-order valence-corrected chi connectivity index (χ2v) is 10.5. The number of hydrogen-bond donors (Lipinski definition) is 1. The Kier molecular flexibility index (Phi) is 11.9. The first kappa shape index (κ1) is 31.0. The van der Waals surface area contributed by atoms with Crippen LogP contribution in [-0.2, 0) is 54.8 Å². The zero-order valence-corrected chi connectivity index (χ0v) is 24.4. The first-order valence-electron chi connectivity index (χ1n) is 14.7. The van der Waals surface area contributed by atoms with Crippen molar-refractivity contribution >= 4 is 0 Å². The van der Waals surface area contributed by atoms with E-state index in [1.54, 1.807) is 7.11 Å². The highest BCUT2D eigenvalue weighted by Gasteiger charge is 2.51. The van der Waals surface area contributed by atoms with E-state index < -0.39 is 36.8 Å². The van der Waals surface area contributed by atoms with Gasteiger partial charge in [-0.3, -0.25) is 0 Å². The van der Waals surface area contributed by atoms with Gasteiger partial charge in [0.25, 0.3) is 0 Å². The summed E-state index contributed by atoms with van der Waals surface area (Å²) in [4.78, 5) is 0. The van der Waals surface area contributed by atoms with E-state index >= 15 is 0 Å². The lowest BCUT2D eigenvalue weighted by Gasteiger charge is -2.47. The van der Waals surface area contributed by atoms with Crippen LogP contribution in [0, 0.1) is 0 Å². The van der Waals surface area contributed by atoms with E-state index in [1.807, 2.05) is 121 Å². The lowest BCUT2D eigenvalue weighted by Crippen LogP contribution is -2.64. The Bertz CT molecular complexity index is 1310. The van der Waals surface area contributed by atoms with Crippen molar-refractivity contribution in [3.05, 3.63) is 144 Å². The molecule has 1 fully saturated rings. The third-order valence-corrected chi connectivity index (χ3v) is 7.47. The molecule has 226 valence electrons. The van der Waals surface area contributed by atoms with Gasteiger partial charge in [-0.1, -0.05) is 121 Å². The van der Waals surface area contributed by atoms with Crippen LogP contribution in [0.15, 0.2) is 121 Å². The molecule has 0 bridgehead atoms. The molecule has 0 aromatic heterocycles. The topological polar surface area (TPSA) is 75.6 Å². The molecule has 0 spiro atoms. The number of hydrogen-bond acceptors (Lipinski definition) is 7. The molecule has 0 aliphatic carbocycles. The molecule has 7 nitrogen and oxygen atoms in total. The third kappa shape index (κ3) is 8.81. The fourth-order valence-corrected chi connectivity index (χ4v) is 5.21. The standard InChI is InChI=1S/C36H40O7/c1-38-36-35(42-26-30-20-12-5-13-21-30)34(41-25-29-18-10-4-11-19-29)33(40-24-28-16-8-3-9-17-28)32(43-36)31(22-37)39-23-27-14-6-2-7-15-27/h2-21,31-37H,22-26H2,1H3/t31-,32-,33-,34+,35-,36+/m1/s1. The van der Waals surface area contributed by atoms with Crippen LogP contribution in [0.5, 0.6) is 0 Å². The summed E-state index contributed by atoms with van der Waals surface area (Å²) in [5, 5.41) is 10.6. The van der Waals surface area contributed by atoms with Gasteiger partial charge in [0.15, 0.2) is 6.29 Å². The Labute approximate surface area is 253 Å². The molecule has 1 aliphatic heterocycles. The molecule has 4 aromatic carbocycles. The lowest BCUT2D eigenvalue weighted by molar-refractivity contribution is -0.333. The second kappa shape index (κ2) is 16.4. The van der Waals surface area contributed by atoms with Gasteiger partial charge in [0, 0.05) is 7.11 Å². The fraction of sp³-hybridized carbons (Fsp3) is 0.333. The molecule has 1 N–H and O–H groups in total. The number of aliphatic hydroxyl groups excluding tert-OH is 1. The third-order valence-electron chi connectivity index (χ3n) is 7.47. The zero-order valence-electron chi connectivity index (χ0n) is 24.4. The average molecular weight is 585 g/mol. The van der Waals surface area contributed by atoms with Crippen molar-refractivity contribution < 1.29 is 33.5 Å². The van der Waals surface area contributed by atoms with Crippen molar-refractivity contribution in [2.75, 3.05) is 13.7 Å². The van der Waals surface area contributed by atoms with E-state index in [9.17, 15) is 5.11 Å². The van der Waals surface area contributed by atoms with Gasteiger partial charge in [-0.2, -0.15) is 0 Å². The van der Waals surface area contributed by atoms with Gasteiger partial charge in [-0.15, -0.1) is 0 Å². The SMILES string of the molecule is CO[C@H]1O[C@H]([C@@H](CO)OCc2ccccc2)[C@@H](OCc2ccccc2)[C@H](OCc2ccccc2)[C@H]1OCc1ccccc1. The monoisotopic (exact) mass is 584 g/mol. The Hall–Kier alpha value is -3.40. The second-order valence-electron chi connectivity index (χ2n) is 10.5. The van der Waals surface area contributed by atoms with Crippen LogP contribution in [0.25, 0.3) is 0 Å². The molecule has 0 amide bonds. The first-order chi connectivity index (χ1) is 21.2. The van der Waals surface area contributed by atoms with Crippen LogP contribution < -0.4 is 0 Å². The molecule has 7 heteroatoms. The molecule has 0 saturated carbocycles. The summed E-state index contributed by atoms with van der Waals surface area (Å²) < 4.78 is 38.4. The van der Waals surface area contributed by atoms with Crippen LogP contribution >= 0.6 is 0 Å². The molecule has 4 aromatic rings. The number of aliphatic hydroxyl groups is 1. The van der Waals surface area contributed by atoms with Crippen LogP contribution in [0.4, 0.5) is 0 Å². The van der Waals surface area contributed by atoms with Gasteiger partial charge in [-0.25, -0.2) is 0 Å². The highest BCUT2D eigenvalue weighted by molar-refractivity contribution is 5.16. The minimum absolute atomic E-state index is 0.278. The van der Waals surface area contributed by atoms with E-state index in [0.717, 1.165) is 22.3 Å². The van der Waals surface area contributed by atoms with E-state index in [2.05, 4.69) is 0 Å². The number of ether oxygens (including phenoxy) is 6. The van der Waals surface area contributed by atoms with Crippen molar-refractivity contribution in [2.24, 2.45) is 0 Å². The van der Waals surface area contributed by atoms with Crippen molar-refractivity contribution in [1.82, 2.24) is 0 Å². The van der Waals surface area contributed by atoms with E-state index in [0.29, 0.717) is 26.4 Å².